The highest BCUT2D eigenvalue weighted by Crippen LogP contribution is 2.27. The van der Waals surface area contributed by atoms with E-state index in [1.54, 1.807) is 7.11 Å². The number of ether oxygens (including phenoxy) is 1. The Morgan fingerprint density at radius 2 is 1.84 bits per heavy atom. The monoisotopic (exact) mass is 299 g/mol. The summed E-state index contributed by atoms with van der Waals surface area (Å²) in [6, 6.07) is 10.7. The van der Waals surface area contributed by atoms with E-state index in [1.807, 2.05) is 24.3 Å². The molecule has 0 aromatic heterocycles. The van der Waals surface area contributed by atoms with Crippen LogP contribution in [0.5, 0.6) is 5.75 Å². The highest BCUT2D eigenvalue weighted by molar-refractivity contribution is 6.35. The molecule has 0 fully saturated rings. The molecule has 0 radical (unpaired) electrons. The molecule has 0 heterocycles. The van der Waals surface area contributed by atoms with Crippen LogP contribution in [0, 0.1) is 5.82 Å². The van der Waals surface area contributed by atoms with Gasteiger partial charge in [0.25, 0.3) is 0 Å². The van der Waals surface area contributed by atoms with Crippen molar-refractivity contribution in [1.29, 1.82) is 0 Å². The fourth-order valence-electron chi connectivity index (χ4n) is 1.64. The molecule has 2 aromatic rings. The number of hydrogen-bond acceptors (Lipinski definition) is 2. The third-order valence-electron chi connectivity index (χ3n) is 2.61. The molecule has 0 aliphatic heterocycles. The van der Waals surface area contributed by atoms with Crippen molar-refractivity contribution in [3.8, 4) is 5.75 Å². The summed E-state index contributed by atoms with van der Waals surface area (Å²) >= 11 is 11.5. The molecular formula is C14H12Cl2FNO. The highest BCUT2D eigenvalue weighted by atomic mass is 35.5. The van der Waals surface area contributed by atoms with Gasteiger partial charge >= 0.3 is 0 Å². The molecule has 0 bridgehead atoms. The molecule has 0 spiro atoms. The van der Waals surface area contributed by atoms with Gasteiger partial charge in [-0.15, -0.1) is 0 Å². The van der Waals surface area contributed by atoms with Crippen LogP contribution in [0.2, 0.25) is 10.0 Å². The van der Waals surface area contributed by atoms with Crippen molar-refractivity contribution < 1.29 is 9.13 Å². The average molecular weight is 300 g/mol. The van der Waals surface area contributed by atoms with E-state index >= 15 is 0 Å². The Labute approximate surface area is 121 Å². The third-order valence-corrected chi connectivity index (χ3v) is 3.16. The number of nitrogens with one attached hydrogen (secondary N) is 1. The predicted octanol–water partition coefficient (Wildman–Crippen LogP) is 4.75. The molecule has 2 rings (SSSR count). The van der Waals surface area contributed by atoms with E-state index in [4.69, 9.17) is 27.9 Å². The van der Waals surface area contributed by atoms with Crippen molar-refractivity contribution in [2.45, 2.75) is 6.54 Å². The van der Waals surface area contributed by atoms with Gasteiger partial charge in [-0.2, -0.15) is 0 Å². The second-order valence-corrected chi connectivity index (χ2v) is 4.77. The fourth-order valence-corrected chi connectivity index (χ4v) is 2.13. The second-order valence-electron chi connectivity index (χ2n) is 3.96. The van der Waals surface area contributed by atoms with Gasteiger partial charge in [0, 0.05) is 12.2 Å². The first-order chi connectivity index (χ1) is 9.10. The summed E-state index contributed by atoms with van der Waals surface area (Å²) in [6.07, 6.45) is 0. The van der Waals surface area contributed by atoms with E-state index in [9.17, 15) is 4.39 Å². The quantitative estimate of drug-likeness (QED) is 0.822. The molecule has 0 unspecified atom stereocenters. The zero-order chi connectivity index (χ0) is 13.8. The lowest BCUT2D eigenvalue weighted by Gasteiger charge is -2.09. The van der Waals surface area contributed by atoms with Gasteiger partial charge in [0.15, 0.2) is 5.82 Å². The first kappa shape index (κ1) is 14.0. The van der Waals surface area contributed by atoms with Crippen molar-refractivity contribution in [3.05, 3.63) is 57.8 Å². The maximum atomic E-state index is 13.3. The third kappa shape index (κ3) is 3.52. The normalized spacial score (nSPS) is 10.3. The van der Waals surface area contributed by atoms with Crippen LogP contribution in [0.1, 0.15) is 5.56 Å². The first-order valence-corrected chi connectivity index (χ1v) is 6.37. The molecule has 0 saturated heterocycles. The summed E-state index contributed by atoms with van der Waals surface area (Å²) in [7, 11) is 1.62. The van der Waals surface area contributed by atoms with Gasteiger partial charge in [0.2, 0.25) is 0 Å². The van der Waals surface area contributed by atoms with Crippen LogP contribution in [0.4, 0.5) is 10.1 Å². The molecule has 100 valence electrons. The van der Waals surface area contributed by atoms with E-state index in [0.717, 1.165) is 11.3 Å². The van der Waals surface area contributed by atoms with Crippen LogP contribution in [-0.4, -0.2) is 7.11 Å². The molecular weight excluding hydrogens is 288 g/mol. The standard InChI is InChI=1S/C14H12Cl2FNO/c1-19-11-4-2-3-9(5-11)8-18-10-6-12(15)14(17)13(16)7-10/h2-7,18H,8H2,1H3. The van der Waals surface area contributed by atoms with Gasteiger partial charge in [-0.3, -0.25) is 0 Å². The van der Waals surface area contributed by atoms with Crippen LogP contribution in [0.3, 0.4) is 0 Å². The molecule has 0 aliphatic carbocycles. The zero-order valence-corrected chi connectivity index (χ0v) is 11.7. The Bertz CT molecular complexity index is 566. The van der Waals surface area contributed by atoms with E-state index < -0.39 is 5.82 Å². The molecule has 1 N–H and O–H groups in total. The minimum atomic E-state index is -0.602. The van der Waals surface area contributed by atoms with Gasteiger partial charge < -0.3 is 10.1 Å². The smallest absolute Gasteiger partial charge is 0.160 e. The summed E-state index contributed by atoms with van der Waals surface area (Å²) < 4.78 is 18.4. The summed E-state index contributed by atoms with van der Waals surface area (Å²) in [6.45, 7) is 0.565. The molecule has 5 heteroatoms. The van der Waals surface area contributed by atoms with Gasteiger partial charge in [-0.1, -0.05) is 35.3 Å². The number of hydrogen-bond donors (Lipinski definition) is 1. The Morgan fingerprint density at radius 3 is 2.47 bits per heavy atom. The summed E-state index contributed by atoms with van der Waals surface area (Å²) in [4.78, 5) is 0. The number of halogens is 3. The molecule has 0 saturated carbocycles. The number of rotatable bonds is 4. The van der Waals surface area contributed by atoms with Crippen LogP contribution in [0.15, 0.2) is 36.4 Å². The predicted molar refractivity (Wildman–Crippen MR) is 76.7 cm³/mol. The fraction of sp³-hybridized carbons (Fsp3) is 0.143. The van der Waals surface area contributed by atoms with Gasteiger partial charge in [-0.25, -0.2) is 4.39 Å². The molecule has 0 atom stereocenters. The van der Waals surface area contributed by atoms with Crippen molar-refractivity contribution in [2.24, 2.45) is 0 Å². The lowest BCUT2D eigenvalue weighted by Crippen LogP contribution is -2.00. The van der Waals surface area contributed by atoms with Crippen LogP contribution in [-0.2, 0) is 6.54 Å². The van der Waals surface area contributed by atoms with Crippen LogP contribution < -0.4 is 10.1 Å². The molecule has 0 aliphatic rings. The average Bonchev–Trinajstić information content (AvgIpc) is 2.42. The zero-order valence-electron chi connectivity index (χ0n) is 10.2. The second kappa shape index (κ2) is 6.13. The summed E-state index contributed by atoms with van der Waals surface area (Å²) in [5.41, 5.74) is 1.70. The van der Waals surface area contributed by atoms with Crippen molar-refractivity contribution in [3.63, 3.8) is 0 Å². The van der Waals surface area contributed by atoms with E-state index in [-0.39, 0.29) is 10.0 Å². The molecule has 19 heavy (non-hydrogen) atoms. The van der Waals surface area contributed by atoms with Gasteiger partial charge in [0.1, 0.15) is 5.75 Å². The Balaban J connectivity index is 2.10. The maximum Gasteiger partial charge on any atom is 0.160 e. The minimum Gasteiger partial charge on any atom is -0.497 e. The Kier molecular flexibility index (Phi) is 4.51. The van der Waals surface area contributed by atoms with Gasteiger partial charge in [-0.05, 0) is 29.8 Å². The molecule has 2 aromatic carbocycles. The summed E-state index contributed by atoms with van der Waals surface area (Å²) in [5.74, 6) is 0.185. The lowest BCUT2D eigenvalue weighted by atomic mass is 10.2. The largest absolute Gasteiger partial charge is 0.497 e. The van der Waals surface area contributed by atoms with Crippen molar-refractivity contribution in [1.82, 2.24) is 0 Å². The topological polar surface area (TPSA) is 21.3 Å². The minimum absolute atomic E-state index is 0.000595. The maximum absolute atomic E-state index is 13.3. The van der Waals surface area contributed by atoms with Gasteiger partial charge in [0.05, 0.1) is 17.2 Å². The summed E-state index contributed by atoms with van der Waals surface area (Å²) in [5, 5.41) is 3.13. The van der Waals surface area contributed by atoms with Crippen molar-refractivity contribution in [2.75, 3.05) is 12.4 Å². The van der Waals surface area contributed by atoms with E-state index in [1.165, 1.54) is 12.1 Å². The van der Waals surface area contributed by atoms with E-state index in [2.05, 4.69) is 5.32 Å². The number of methoxy groups -OCH3 is 1. The van der Waals surface area contributed by atoms with Crippen LogP contribution >= 0.6 is 23.2 Å². The number of anilines is 1. The molecule has 0 amide bonds. The molecule has 2 nitrogen and oxygen atoms in total. The SMILES string of the molecule is COc1cccc(CNc2cc(Cl)c(F)c(Cl)c2)c1. The van der Waals surface area contributed by atoms with E-state index in [0.29, 0.717) is 12.2 Å². The van der Waals surface area contributed by atoms with Crippen molar-refractivity contribution >= 4 is 28.9 Å². The lowest BCUT2D eigenvalue weighted by molar-refractivity contribution is 0.414. The first-order valence-electron chi connectivity index (χ1n) is 5.61. The highest BCUT2D eigenvalue weighted by Gasteiger charge is 2.07. The Morgan fingerprint density at radius 1 is 1.16 bits per heavy atom. The Hall–Kier alpha value is -1.45. The number of benzene rings is 2. The van der Waals surface area contributed by atoms with Crippen LogP contribution in [0.25, 0.3) is 0 Å².